The quantitative estimate of drug-likeness (QED) is 0.880. The fraction of sp³-hybridized carbons (Fsp3) is 0.308. The molecule has 1 unspecified atom stereocenters. The molecule has 2 rings (SSSR count). The molecule has 5 nitrogen and oxygen atoms in total. The highest BCUT2D eigenvalue weighted by molar-refractivity contribution is 7.09. The Labute approximate surface area is 116 Å². The van der Waals surface area contributed by atoms with Crippen LogP contribution in [0.2, 0.25) is 0 Å². The Kier molecular flexibility index (Phi) is 4.46. The van der Waals surface area contributed by atoms with E-state index in [9.17, 15) is 4.79 Å². The molecule has 19 heavy (non-hydrogen) atoms. The molecule has 0 spiro atoms. The fourth-order valence-electron chi connectivity index (χ4n) is 1.69. The van der Waals surface area contributed by atoms with Gasteiger partial charge in [-0.1, -0.05) is 6.92 Å². The van der Waals surface area contributed by atoms with E-state index < -0.39 is 0 Å². The number of nitrogens with zero attached hydrogens (tertiary/aromatic N) is 2. The van der Waals surface area contributed by atoms with Gasteiger partial charge >= 0.3 is 0 Å². The van der Waals surface area contributed by atoms with Crippen LogP contribution in [-0.4, -0.2) is 22.9 Å². The van der Waals surface area contributed by atoms with Crippen LogP contribution in [-0.2, 0) is 0 Å². The molecule has 2 N–H and O–H groups in total. The van der Waals surface area contributed by atoms with Crippen molar-refractivity contribution in [2.75, 3.05) is 12.4 Å². The first-order valence-electron chi connectivity index (χ1n) is 6.08. The third-order valence-corrected chi connectivity index (χ3v) is 3.63. The van der Waals surface area contributed by atoms with Crippen molar-refractivity contribution >= 4 is 22.9 Å². The first-order valence-corrected chi connectivity index (χ1v) is 6.96. The maximum atomic E-state index is 12.2. The number of anilines is 1. The van der Waals surface area contributed by atoms with Crippen molar-refractivity contribution < 1.29 is 4.79 Å². The Balaban J connectivity index is 2.11. The van der Waals surface area contributed by atoms with Crippen LogP contribution in [0.4, 0.5) is 5.69 Å². The number of rotatable bonds is 5. The van der Waals surface area contributed by atoms with Crippen LogP contribution in [0.25, 0.3) is 0 Å². The van der Waals surface area contributed by atoms with Crippen LogP contribution in [0.5, 0.6) is 0 Å². The SMILES string of the molecule is CCC(NC(=O)c1cc(NC)ccn1)c1nccs1. The Morgan fingerprint density at radius 3 is 2.89 bits per heavy atom. The minimum atomic E-state index is -0.181. The van der Waals surface area contributed by atoms with Crippen molar-refractivity contribution in [1.29, 1.82) is 0 Å². The number of aromatic nitrogens is 2. The number of thiazole rings is 1. The van der Waals surface area contributed by atoms with Crippen LogP contribution in [0.1, 0.15) is 34.9 Å². The summed E-state index contributed by atoms with van der Waals surface area (Å²) in [5, 5.41) is 8.77. The van der Waals surface area contributed by atoms with Gasteiger partial charge in [0.1, 0.15) is 10.7 Å². The molecule has 0 fully saturated rings. The zero-order chi connectivity index (χ0) is 13.7. The van der Waals surface area contributed by atoms with Crippen molar-refractivity contribution in [2.45, 2.75) is 19.4 Å². The third kappa shape index (κ3) is 3.29. The van der Waals surface area contributed by atoms with Crippen molar-refractivity contribution in [3.05, 3.63) is 40.6 Å². The summed E-state index contributed by atoms with van der Waals surface area (Å²) in [6.45, 7) is 2.02. The van der Waals surface area contributed by atoms with E-state index in [1.807, 2.05) is 18.4 Å². The summed E-state index contributed by atoms with van der Waals surface area (Å²) in [7, 11) is 1.81. The Bertz CT molecular complexity index is 541. The molecular formula is C13H16N4OS. The molecule has 0 aliphatic heterocycles. The second-order valence-electron chi connectivity index (χ2n) is 3.98. The van der Waals surface area contributed by atoms with Crippen LogP contribution in [0.15, 0.2) is 29.9 Å². The number of hydrogen-bond donors (Lipinski definition) is 2. The van der Waals surface area contributed by atoms with Crippen molar-refractivity contribution in [2.24, 2.45) is 0 Å². The van der Waals surface area contributed by atoms with E-state index in [0.29, 0.717) is 5.69 Å². The summed E-state index contributed by atoms with van der Waals surface area (Å²) in [6.07, 6.45) is 4.16. The second kappa shape index (κ2) is 6.29. The highest BCUT2D eigenvalue weighted by Gasteiger charge is 2.16. The zero-order valence-corrected chi connectivity index (χ0v) is 11.7. The minimum Gasteiger partial charge on any atom is -0.388 e. The van der Waals surface area contributed by atoms with Crippen molar-refractivity contribution in [3.8, 4) is 0 Å². The molecule has 2 heterocycles. The van der Waals surface area contributed by atoms with Gasteiger partial charge in [-0.15, -0.1) is 11.3 Å². The van der Waals surface area contributed by atoms with Gasteiger partial charge in [-0.2, -0.15) is 0 Å². The van der Waals surface area contributed by atoms with E-state index in [4.69, 9.17) is 0 Å². The standard InChI is InChI=1S/C13H16N4OS/c1-3-10(13-16-6-7-19-13)17-12(18)11-8-9(14-2)4-5-15-11/h4-8,10H,3H2,1-2H3,(H,14,15)(H,17,18). The number of pyridine rings is 1. The molecule has 0 bridgehead atoms. The Morgan fingerprint density at radius 1 is 1.42 bits per heavy atom. The summed E-state index contributed by atoms with van der Waals surface area (Å²) < 4.78 is 0. The van der Waals surface area contributed by atoms with Crippen LogP contribution < -0.4 is 10.6 Å². The summed E-state index contributed by atoms with van der Waals surface area (Å²) in [5.74, 6) is -0.181. The number of hydrogen-bond acceptors (Lipinski definition) is 5. The van der Waals surface area contributed by atoms with E-state index in [1.165, 1.54) is 0 Å². The lowest BCUT2D eigenvalue weighted by molar-refractivity contribution is 0.0930. The summed E-state index contributed by atoms with van der Waals surface area (Å²) >= 11 is 1.54. The first kappa shape index (κ1) is 13.5. The second-order valence-corrected chi connectivity index (χ2v) is 4.91. The van der Waals surface area contributed by atoms with E-state index in [-0.39, 0.29) is 11.9 Å². The van der Waals surface area contributed by atoms with Gasteiger partial charge in [0.15, 0.2) is 0 Å². The number of nitrogens with one attached hydrogen (secondary N) is 2. The maximum Gasteiger partial charge on any atom is 0.270 e. The fourth-order valence-corrected chi connectivity index (χ4v) is 2.46. The summed E-state index contributed by atoms with van der Waals surface area (Å²) in [5.41, 5.74) is 1.27. The summed E-state index contributed by atoms with van der Waals surface area (Å²) in [6, 6.07) is 3.48. The van der Waals surface area contributed by atoms with Gasteiger partial charge in [0.05, 0.1) is 6.04 Å². The van der Waals surface area contributed by atoms with Crippen LogP contribution >= 0.6 is 11.3 Å². The first-order chi connectivity index (χ1) is 9.24. The Hall–Kier alpha value is -1.95. The van der Waals surface area contributed by atoms with Gasteiger partial charge in [0, 0.05) is 30.5 Å². The number of amides is 1. The topological polar surface area (TPSA) is 66.9 Å². The Morgan fingerprint density at radius 2 is 2.26 bits per heavy atom. The molecule has 0 saturated carbocycles. The van der Waals surface area contributed by atoms with Crippen LogP contribution in [0, 0.1) is 0 Å². The highest BCUT2D eigenvalue weighted by Crippen LogP contribution is 2.19. The van der Waals surface area contributed by atoms with Gasteiger partial charge in [-0.05, 0) is 18.6 Å². The molecule has 2 aromatic heterocycles. The number of carbonyl (C=O) groups excluding carboxylic acids is 1. The van der Waals surface area contributed by atoms with E-state index in [0.717, 1.165) is 17.1 Å². The van der Waals surface area contributed by atoms with Crippen molar-refractivity contribution in [1.82, 2.24) is 15.3 Å². The molecule has 0 aliphatic carbocycles. The lowest BCUT2D eigenvalue weighted by Gasteiger charge is -2.14. The predicted molar refractivity (Wildman–Crippen MR) is 76.4 cm³/mol. The van der Waals surface area contributed by atoms with Gasteiger partial charge in [0.25, 0.3) is 5.91 Å². The molecule has 1 amide bonds. The molecule has 2 aromatic rings. The normalized spacial score (nSPS) is 11.9. The maximum absolute atomic E-state index is 12.2. The third-order valence-electron chi connectivity index (χ3n) is 2.74. The largest absolute Gasteiger partial charge is 0.388 e. The van der Waals surface area contributed by atoms with Gasteiger partial charge < -0.3 is 10.6 Å². The number of carbonyl (C=O) groups is 1. The van der Waals surface area contributed by atoms with Crippen molar-refractivity contribution in [3.63, 3.8) is 0 Å². The van der Waals surface area contributed by atoms with Gasteiger partial charge in [-0.25, -0.2) is 4.98 Å². The van der Waals surface area contributed by atoms with Gasteiger partial charge in [-0.3, -0.25) is 9.78 Å². The molecule has 0 saturated heterocycles. The van der Waals surface area contributed by atoms with Gasteiger partial charge in [0.2, 0.25) is 0 Å². The average molecular weight is 276 g/mol. The van der Waals surface area contributed by atoms with E-state index >= 15 is 0 Å². The smallest absolute Gasteiger partial charge is 0.270 e. The molecule has 0 aliphatic rings. The predicted octanol–water partition coefficient (Wildman–Crippen LogP) is 2.46. The average Bonchev–Trinajstić information content (AvgIpc) is 2.98. The summed E-state index contributed by atoms with van der Waals surface area (Å²) in [4.78, 5) is 20.5. The lowest BCUT2D eigenvalue weighted by Crippen LogP contribution is -2.28. The molecule has 0 radical (unpaired) electrons. The molecule has 100 valence electrons. The monoisotopic (exact) mass is 276 g/mol. The van der Waals surface area contributed by atoms with E-state index in [1.54, 1.807) is 36.8 Å². The molecular weight excluding hydrogens is 260 g/mol. The minimum absolute atomic E-state index is 0.0625. The highest BCUT2D eigenvalue weighted by atomic mass is 32.1. The molecule has 0 aromatic carbocycles. The van der Waals surface area contributed by atoms with E-state index in [2.05, 4.69) is 20.6 Å². The lowest BCUT2D eigenvalue weighted by atomic mass is 10.2. The molecule has 1 atom stereocenters. The molecule has 6 heteroatoms. The zero-order valence-electron chi connectivity index (χ0n) is 10.9. The van der Waals surface area contributed by atoms with Crippen LogP contribution in [0.3, 0.4) is 0 Å².